The minimum Gasteiger partial charge on any atom is -0.465 e. The largest absolute Gasteiger partial charge is 0.465 e. The van der Waals surface area contributed by atoms with Crippen molar-refractivity contribution in [1.82, 2.24) is 21.3 Å². The third-order valence-corrected chi connectivity index (χ3v) is 9.56. The summed E-state index contributed by atoms with van der Waals surface area (Å²) in [6.45, 7) is 8.49. The lowest BCUT2D eigenvalue weighted by molar-refractivity contribution is -0.311. The average Bonchev–Trinajstić information content (AvgIpc) is 3.26. The summed E-state index contributed by atoms with van der Waals surface area (Å²) in [4.78, 5) is 73.6. The molecule has 376 valence electrons. The number of halogens is 1. The van der Waals surface area contributed by atoms with Crippen LogP contribution >= 0.6 is 11.6 Å². The van der Waals surface area contributed by atoms with Crippen molar-refractivity contribution in [3.63, 3.8) is 0 Å². The summed E-state index contributed by atoms with van der Waals surface area (Å²) in [6, 6.07) is 5.06. The van der Waals surface area contributed by atoms with Crippen LogP contribution in [-0.4, -0.2) is 186 Å². The highest BCUT2D eigenvalue weighted by atomic mass is 35.5. The first kappa shape index (κ1) is 57.9. The Morgan fingerprint density at radius 2 is 1.39 bits per heavy atom. The molecule has 2 rings (SSSR count). The fourth-order valence-corrected chi connectivity index (χ4v) is 6.24. The monoisotopic (exact) mass is 964 g/mol. The van der Waals surface area contributed by atoms with Gasteiger partial charge in [-0.05, 0) is 51.3 Å². The van der Waals surface area contributed by atoms with Crippen LogP contribution in [0.1, 0.15) is 65.4 Å². The zero-order valence-electron chi connectivity index (χ0n) is 38.5. The van der Waals surface area contributed by atoms with E-state index in [2.05, 4.69) is 21.3 Å². The molecule has 0 radical (unpaired) electrons. The van der Waals surface area contributed by atoms with E-state index in [1.165, 1.54) is 0 Å². The average molecular weight is 965 g/mol. The van der Waals surface area contributed by atoms with Gasteiger partial charge in [-0.15, -0.1) is 0 Å². The lowest BCUT2D eigenvalue weighted by Crippen LogP contribution is -2.68. The van der Waals surface area contributed by atoms with Crippen molar-refractivity contribution in [2.24, 2.45) is 0 Å². The molecule has 4 amide bonds. The molecule has 0 aliphatic carbocycles. The van der Waals surface area contributed by atoms with Gasteiger partial charge in [-0.1, -0.05) is 30.2 Å². The number of rotatable bonds is 32. The van der Waals surface area contributed by atoms with E-state index in [-0.39, 0.29) is 32.0 Å². The van der Waals surface area contributed by atoms with Crippen molar-refractivity contribution < 1.29 is 86.7 Å². The number of alkyl carbamates (subject to hydrolysis) is 1. The molecule has 0 aromatic heterocycles. The Kier molecular flexibility index (Phi) is 27.8. The second kappa shape index (κ2) is 31.7. The first-order valence-corrected chi connectivity index (χ1v) is 22.2. The van der Waals surface area contributed by atoms with Crippen LogP contribution in [0.3, 0.4) is 0 Å². The molecule has 0 bridgehead atoms. The lowest BCUT2D eigenvalue weighted by Gasteiger charge is -2.47. The molecule has 6 atom stereocenters. The van der Waals surface area contributed by atoms with Crippen LogP contribution in [0.4, 0.5) is 4.79 Å². The van der Waals surface area contributed by atoms with E-state index in [1.807, 2.05) is 0 Å². The third-order valence-electron chi connectivity index (χ3n) is 9.30. The van der Waals surface area contributed by atoms with Crippen LogP contribution in [0.2, 0.25) is 5.02 Å². The second-order valence-corrected chi connectivity index (χ2v) is 16.5. The maximum Gasteiger partial charge on any atom is 0.407 e. The first-order valence-electron chi connectivity index (χ1n) is 21.8. The summed E-state index contributed by atoms with van der Waals surface area (Å²) in [6.07, 6.45) is -6.67. The zero-order chi connectivity index (χ0) is 49.0. The Labute approximate surface area is 390 Å². The van der Waals surface area contributed by atoms with Gasteiger partial charge in [-0.3, -0.25) is 19.2 Å². The van der Waals surface area contributed by atoms with Gasteiger partial charge in [0.1, 0.15) is 17.8 Å². The molecule has 1 aliphatic heterocycles. The zero-order valence-corrected chi connectivity index (χ0v) is 39.2. The summed E-state index contributed by atoms with van der Waals surface area (Å²) in [5.41, 5.74) is 0.0734. The Morgan fingerprint density at radius 3 is 1.97 bits per heavy atom. The van der Waals surface area contributed by atoms with Crippen LogP contribution in [0.5, 0.6) is 0 Å². The minimum atomic E-state index is -2.30. The molecule has 0 unspecified atom stereocenters. The van der Waals surface area contributed by atoms with Gasteiger partial charge in [-0.25, -0.2) is 9.59 Å². The Balaban J connectivity index is 1.72. The first-order chi connectivity index (χ1) is 31.4. The number of ether oxygens (including phenoxy) is 9. The van der Waals surface area contributed by atoms with Crippen molar-refractivity contribution in [2.45, 2.75) is 108 Å². The van der Waals surface area contributed by atoms with Crippen LogP contribution in [0.15, 0.2) is 24.3 Å². The summed E-state index contributed by atoms with van der Waals surface area (Å²) >= 11 is 5.90. The van der Waals surface area contributed by atoms with Crippen molar-refractivity contribution in [3.8, 4) is 0 Å². The summed E-state index contributed by atoms with van der Waals surface area (Å²) < 4.78 is 48.4. The molecular weight excluding hydrogens is 896 g/mol. The SMILES string of the molecule is COC(=O)[C@@]1(OCCCCCC(=O)NCCOCCOCCOCCOCCNC(=O)OC(C)(C)C)C[C@H](O)[C@@H](NC(=O)COC(C)=O)[C@H]([C@H](O)[C@H](O)CNC(=O)Cc2ccc(Cl)cc2)O1. The predicted molar refractivity (Wildman–Crippen MR) is 234 cm³/mol. The molecular formula is C43H69ClN4O18. The molecule has 0 saturated carbocycles. The van der Waals surface area contributed by atoms with E-state index in [0.29, 0.717) is 89.2 Å². The van der Waals surface area contributed by atoms with Crippen LogP contribution in [0, 0.1) is 0 Å². The van der Waals surface area contributed by atoms with E-state index in [9.17, 15) is 44.1 Å². The lowest BCUT2D eigenvalue weighted by atomic mass is 9.88. The number of hydrogen-bond donors (Lipinski definition) is 7. The molecule has 1 heterocycles. The Morgan fingerprint density at radius 1 is 0.803 bits per heavy atom. The number of amides is 4. The normalized spacial score (nSPS) is 19.2. The molecule has 23 heteroatoms. The van der Waals surface area contributed by atoms with Crippen molar-refractivity contribution in [3.05, 3.63) is 34.9 Å². The van der Waals surface area contributed by atoms with E-state index in [4.69, 9.17) is 54.2 Å². The molecule has 1 saturated heterocycles. The number of aliphatic hydroxyl groups is 3. The number of benzene rings is 1. The number of methoxy groups -OCH3 is 1. The van der Waals surface area contributed by atoms with Crippen molar-refractivity contribution >= 4 is 47.4 Å². The number of nitrogens with one attached hydrogen (secondary N) is 4. The molecule has 1 aliphatic rings. The van der Waals surface area contributed by atoms with Gasteiger partial charge in [0.15, 0.2) is 6.61 Å². The van der Waals surface area contributed by atoms with Gasteiger partial charge < -0.3 is 79.2 Å². The molecule has 1 aromatic carbocycles. The smallest absolute Gasteiger partial charge is 0.407 e. The van der Waals surface area contributed by atoms with Crippen molar-refractivity contribution in [2.75, 3.05) is 92.8 Å². The molecule has 1 aromatic rings. The number of unbranched alkanes of at least 4 members (excludes halogenated alkanes) is 2. The maximum atomic E-state index is 13.2. The fourth-order valence-electron chi connectivity index (χ4n) is 6.12. The third kappa shape index (κ3) is 24.5. The van der Waals surface area contributed by atoms with Crippen molar-refractivity contribution in [1.29, 1.82) is 0 Å². The van der Waals surface area contributed by atoms with Crippen LogP contribution in [-0.2, 0) is 73.0 Å². The quantitative estimate of drug-likeness (QED) is 0.0286. The highest BCUT2D eigenvalue weighted by molar-refractivity contribution is 6.30. The molecule has 1 fully saturated rings. The van der Waals surface area contributed by atoms with Gasteiger partial charge in [-0.2, -0.15) is 0 Å². The second-order valence-electron chi connectivity index (χ2n) is 16.0. The number of hydrogen-bond acceptors (Lipinski definition) is 18. The summed E-state index contributed by atoms with van der Waals surface area (Å²) in [7, 11) is 1.06. The Hall–Kier alpha value is -4.23. The van der Waals surface area contributed by atoms with Gasteiger partial charge in [0, 0.05) is 44.4 Å². The van der Waals surface area contributed by atoms with Gasteiger partial charge in [0.2, 0.25) is 11.8 Å². The number of carbonyl (C=O) groups excluding carboxylic acids is 6. The highest BCUT2D eigenvalue weighted by Gasteiger charge is 2.56. The van der Waals surface area contributed by atoms with E-state index < -0.39 is 91.3 Å². The summed E-state index contributed by atoms with van der Waals surface area (Å²) in [5.74, 6) is -5.70. The summed E-state index contributed by atoms with van der Waals surface area (Å²) in [5, 5.41) is 44.3. The molecule has 0 spiro atoms. The number of esters is 2. The highest BCUT2D eigenvalue weighted by Crippen LogP contribution is 2.34. The molecule has 7 N–H and O–H groups in total. The van der Waals surface area contributed by atoms with E-state index >= 15 is 0 Å². The maximum absolute atomic E-state index is 13.2. The molecule has 22 nitrogen and oxygen atoms in total. The van der Waals surface area contributed by atoms with Gasteiger partial charge in [0.05, 0.1) is 91.2 Å². The molecule has 66 heavy (non-hydrogen) atoms. The van der Waals surface area contributed by atoms with Crippen LogP contribution in [0.25, 0.3) is 0 Å². The Bertz CT molecular complexity index is 1620. The van der Waals surface area contributed by atoms with E-state index in [1.54, 1.807) is 45.0 Å². The van der Waals surface area contributed by atoms with Gasteiger partial charge >= 0.3 is 18.0 Å². The topological polar surface area (TPSA) is 294 Å². The van der Waals surface area contributed by atoms with E-state index in [0.717, 1.165) is 14.0 Å². The van der Waals surface area contributed by atoms with Gasteiger partial charge in [0.25, 0.3) is 11.7 Å². The number of aliphatic hydroxyl groups excluding tert-OH is 3. The predicted octanol–water partition coefficient (Wildman–Crippen LogP) is 0.0718. The van der Waals surface area contributed by atoms with Crippen LogP contribution < -0.4 is 21.3 Å². The number of carbonyl (C=O) groups is 6. The standard InChI is InChI=1S/C43H69ClN4O18/c1-29(49)63-28-36(54)48-37-32(50)26-43(40(56)58-5,65-39(37)38(55)33(51)27-47-35(53)25-30-10-12-31(44)13-11-30)64-16-8-6-7-9-34(52)45-14-17-59-19-21-61-23-24-62-22-20-60-18-15-46-41(57)66-42(2,3)4/h10-13,32-33,37-39,50-51,55H,6-9,14-28H2,1-5H3,(H,45,52)(H,46,57)(H,47,53)(H,48,54)/t32-,33+,37+,38+,39+,43+/m0/s1. The minimum absolute atomic E-state index is 0.0669. The fraction of sp³-hybridized carbons (Fsp3) is 0.721.